The minimum atomic E-state index is -0.347. The molecule has 1 saturated carbocycles. The van der Waals surface area contributed by atoms with Gasteiger partial charge in [-0.15, -0.1) is 0 Å². The highest BCUT2D eigenvalue weighted by molar-refractivity contribution is 5.81. The van der Waals surface area contributed by atoms with Crippen molar-refractivity contribution in [2.75, 3.05) is 26.8 Å². The Kier molecular flexibility index (Phi) is 5.08. The fourth-order valence-electron chi connectivity index (χ4n) is 3.27. The summed E-state index contributed by atoms with van der Waals surface area (Å²) < 4.78 is 5.38. The molecule has 0 aromatic heterocycles. The summed E-state index contributed by atoms with van der Waals surface area (Å²) in [7, 11) is 1.82. The van der Waals surface area contributed by atoms with Gasteiger partial charge < -0.3 is 14.7 Å². The Morgan fingerprint density at radius 3 is 2.45 bits per heavy atom. The molecule has 1 unspecified atom stereocenters. The predicted molar refractivity (Wildman–Crippen MR) is 78.3 cm³/mol. The SMILES string of the molecule is CN(CC(O)C1CC1)C(=O)C(C)(C)CC1CCOCC1. The molecule has 0 aromatic carbocycles. The van der Waals surface area contributed by atoms with Crippen LogP contribution in [0.1, 0.15) is 46.0 Å². The number of hydrogen-bond acceptors (Lipinski definition) is 3. The number of hydrogen-bond donors (Lipinski definition) is 1. The molecule has 4 nitrogen and oxygen atoms in total. The zero-order chi connectivity index (χ0) is 14.8. The van der Waals surface area contributed by atoms with Crippen molar-refractivity contribution in [3.05, 3.63) is 0 Å². The van der Waals surface area contributed by atoms with Gasteiger partial charge in [-0.25, -0.2) is 0 Å². The van der Waals surface area contributed by atoms with Gasteiger partial charge in [-0.3, -0.25) is 4.79 Å². The van der Waals surface area contributed by atoms with Gasteiger partial charge in [0.05, 0.1) is 6.10 Å². The lowest BCUT2D eigenvalue weighted by molar-refractivity contribution is -0.141. The molecule has 1 amide bonds. The number of ether oxygens (including phenoxy) is 1. The molecular formula is C16H29NO3. The van der Waals surface area contributed by atoms with E-state index in [1.54, 1.807) is 4.90 Å². The highest BCUT2D eigenvalue weighted by Crippen LogP contribution is 2.35. The summed E-state index contributed by atoms with van der Waals surface area (Å²) in [6.07, 6.45) is 4.90. The lowest BCUT2D eigenvalue weighted by Gasteiger charge is -2.34. The fraction of sp³-hybridized carbons (Fsp3) is 0.938. The van der Waals surface area contributed by atoms with Crippen molar-refractivity contribution in [3.8, 4) is 0 Å². The molecule has 0 aromatic rings. The van der Waals surface area contributed by atoms with Crippen LogP contribution in [0.15, 0.2) is 0 Å². The van der Waals surface area contributed by atoms with Crippen LogP contribution in [0, 0.1) is 17.3 Å². The summed E-state index contributed by atoms with van der Waals surface area (Å²) in [5.74, 6) is 1.16. The Bertz CT molecular complexity index is 333. The van der Waals surface area contributed by atoms with Gasteiger partial charge in [-0.1, -0.05) is 13.8 Å². The molecule has 1 N–H and O–H groups in total. The molecule has 1 aliphatic heterocycles. The van der Waals surface area contributed by atoms with Crippen molar-refractivity contribution in [2.45, 2.75) is 52.1 Å². The number of carbonyl (C=O) groups is 1. The van der Waals surface area contributed by atoms with E-state index in [1.165, 1.54) is 0 Å². The first-order valence-electron chi connectivity index (χ1n) is 7.91. The summed E-state index contributed by atoms with van der Waals surface area (Å²) in [6, 6.07) is 0. The molecule has 0 spiro atoms. The lowest BCUT2D eigenvalue weighted by Crippen LogP contribution is -2.43. The molecule has 0 radical (unpaired) electrons. The van der Waals surface area contributed by atoms with Crippen LogP contribution in [0.2, 0.25) is 0 Å². The second-order valence-electron chi connectivity index (χ2n) is 7.23. The first-order chi connectivity index (χ1) is 9.40. The maximum Gasteiger partial charge on any atom is 0.228 e. The first-order valence-corrected chi connectivity index (χ1v) is 7.91. The second-order valence-corrected chi connectivity index (χ2v) is 7.23. The van der Waals surface area contributed by atoms with E-state index >= 15 is 0 Å². The van der Waals surface area contributed by atoms with E-state index in [0.29, 0.717) is 18.4 Å². The number of aliphatic hydroxyl groups excluding tert-OH is 1. The molecule has 1 aliphatic carbocycles. The molecule has 1 saturated heterocycles. The van der Waals surface area contributed by atoms with Crippen LogP contribution in [-0.2, 0) is 9.53 Å². The zero-order valence-electron chi connectivity index (χ0n) is 13.1. The molecule has 20 heavy (non-hydrogen) atoms. The number of nitrogens with zero attached hydrogens (tertiary/aromatic N) is 1. The smallest absolute Gasteiger partial charge is 0.228 e. The Morgan fingerprint density at radius 2 is 1.90 bits per heavy atom. The van der Waals surface area contributed by atoms with Crippen LogP contribution in [0.25, 0.3) is 0 Å². The third-order valence-corrected chi connectivity index (χ3v) is 4.69. The van der Waals surface area contributed by atoms with E-state index in [-0.39, 0.29) is 17.4 Å². The number of aliphatic hydroxyl groups is 1. The van der Waals surface area contributed by atoms with Crippen LogP contribution in [0.5, 0.6) is 0 Å². The first kappa shape index (κ1) is 15.8. The Balaban J connectivity index is 1.84. The number of amides is 1. The molecule has 2 aliphatic rings. The fourth-order valence-corrected chi connectivity index (χ4v) is 3.27. The van der Waals surface area contributed by atoms with Gasteiger partial charge in [0.25, 0.3) is 0 Å². The highest BCUT2D eigenvalue weighted by atomic mass is 16.5. The zero-order valence-corrected chi connectivity index (χ0v) is 13.1. The molecule has 1 atom stereocenters. The van der Waals surface area contributed by atoms with Gasteiger partial charge in [0.2, 0.25) is 5.91 Å². The molecule has 2 fully saturated rings. The standard InChI is InChI=1S/C16H29NO3/c1-16(2,10-12-6-8-20-9-7-12)15(19)17(3)11-14(18)13-4-5-13/h12-14,18H,4-11H2,1-3H3. The molecular weight excluding hydrogens is 254 g/mol. The Morgan fingerprint density at radius 1 is 1.30 bits per heavy atom. The van der Waals surface area contributed by atoms with Crippen LogP contribution in [0.3, 0.4) is 0 Å². The maximum absolute atomic E-state index is 12.6. The summed E-state index contributed by atoms with van der Waals surface area (Å²) in [5.41, 5.74) is -0.347. The molecule has 2 rings (SSSR count). The van der Waals surface area contributed by atoms with Crippen molar-refractivity contribution < 1.29 is 14.6 Å². The molecule has 0 bridgehead atoms. The van der Waals surface area contributed by atoms with Crippen LogP contribution in [-0.4, -0.2) is 48.8 Å². The minimum Gasteiger partial charge on any atom is -0.391 e. The van der Waals surface area contributed by atoms with Gasteiger partial charge >= 0.3 is 0 Å². The van der Waals surface area contributed by atoms with Crippen molar-refractivity contribution in [1.29, 1.82) is 0 Å². The molecule has 116 valence electrons. The summed E-state index contributed by atoms with van der Waals surface area (Å²) in [5, 5.41) is 9.98. The predicted octanol–water partition coefficient (Wildman–Crippen LogP) is 2.06. The monoisotopic (exact) mass is 283 g/mol. The third-order valence-electron chi connectivity index (χ3n) is 4.69. The maximum atomic E-state index is 12.6. The van der Waals surface area contributed by atoms with Gasteiger partial charge in [0.15, 0.2) is 0 Å². The van der Waals surface area contributed by atoms with Crippen LogP contribution < -0.4 is 0 Å². The van der Waals surface area contributed by atoms with E-state index < -0.39 is 0 Å². The summed E-state index contributed by atoms with van der Waals surface area (Å²) >= 11 is 0. The van der Waals surface area contributed by atoms with Crippen molar-refractivity contribution >= 4 is 5.91 Å². The average molecular weight is 283 g/mol. The van der Waals surface area contributed by atoms with Crippen molar-refractivity contribution in [3.63, 3.8) is 0 Å². The minimum absolute atomic E-state index is 0.156. The summed E-state index contributed by atoms with van der Waals surface area (Å²) in [4.78, 5) is 14.3. The number of rotatable bonds is 6. The van der Waals surface area contributed by atoms with Crippen LogP contribution in [0.4, 0.5) is 0 Å². The third kappa shape index (κ3) is 4.19. The number of carbonyl (C=O) groups excluding carboxylic acids is 1. The van der Waals surface area contributed by atoms with Crippen LogP contribution >= 0.6 is 0 Å². The van der Waals surface area contributed by atoms with E-state index in [4.69, 9.17) is 4.74 Å². The second kappa shape index (κ2) is 6.44. The van der Waals surface area contributed by atoms with Gasteiger partial charge in [0, 0.05) is 32.2 Å². The van der Waals surface area contributed by atoms with E-state index in [0.717, 1.165) is 45.3 Å². The Hall–Kier alpha value is -0.610. The van der Waals surface area contributed by atoms with E-state index in [9.17, 15) is 9.90 Å². The Labute approximate surface area is 122 Å². The average Bonchev–Trinajstić information content (AvgIpc) is 3.22. The quantitative estimate of drug-likeness (QED) is 0.812. The highest BCUT2D eigenvalue weighted by Gasteiger charge is 2.36. The summed E-state index contributed by atoms with van der Waals surface area (Å²) in [6.45, 7) is 6.19. The topological polar surface area (TPSA) is 49.8 Å². The molecule has 1 heterocycles. The lowest BCUT2D eigenvalue weighted by atomic mass is 9.78. The van der Waals surface area contributed by atoms with Gasteiger partial charge in [-0.2, -0.15) is 0 Å². The van der Waals surface area contributed by atoms with E-state index in [2.05, 4.69) is 0 Å². The van der Waals surface area contributed by atoms with Gasteiger partial charge in [-0.05, 0) is 43.9 Å². The molecule has 4 heteroatoms. The van der Waals surface area contributed by atoms with Crippen molar-refractivity contribution in [2.24, 2.45) is 17.3 Å². The number of likely N-dealkylation sites (N-methyl/N-ethyl adjacent to an activating group) is 1. The largest absolute Gasteiger partial charge is 0.391 e. The van der Waals surface area contributed by atoms with Gasteiger partial charge in [0.1, 0.15) is 0 Å². The van der Waals surface area contributed by atoms with Crippen molar-refractivity contribution in [1.82, 2.24) is 4.90 Å². The normalized spacial score (nSPS) is 22.6. The van der Waals surface area contributed by atoms with E-state index in [1.807, 2.05) is 20.9 Å².